The molecular formula is C22H26N2O2. The van der Waals surface area contributed by atoms with Crippen LogP contribution in [-0.2, 0) is 16.2 Å². The third-order valence-corrected chi connectivity index (χ3v) is 5.28. The highest BCUT2D eigenvalue weighted by atomic mass is 16.6. The summed E-state index contributed by atoms with van der Waals surface area (Å²) in [4.78, 5) is 20.1. The Morgan fingerprint density at radius 1 is 1.15 bits per heavy atom. The summed E-state index contributed by atoms with van der Waals surface area (Å²) in [6.45, 7) is 7.22. The molecular weight excluding hydrogens is 324 g/mol. The molecule has 1 amide bonds. The molecule has 0 N–H and O–H groups in total. The first kappa shape index (κ1) is 18.2. The number of benzene rings is 2. The number of hydrogen-bond acceptors (Lipinski definition) is 3. The van der Waals surface area contributed by atoms with Crippen LogP contribution in [0.2, 0.25) is 0 Å². The van der Waals surface area contributed by atoms with E-state index in [1.165, 1.54) is 0 Å². The molecule has 0 spiro atoms. The zero-order chi connectivity index (χ0) is 18.6. The summed E-state index contributed by atoms with van der Waals surface area (Å²) >= 11 is 0. The zero-order valence-corrected chi connectivity index (χ0v) is 15.7. The van der Waals surface area contributed by atoms with Gasteiger partial charge in [0.2, 0.25) is 5.91 Å². The zero-order valence-electron chi connectivity index (χ0n) is 15.7. The van der Waals surface area contributed by atoms with Crippen LogP contribution in [-0.4, -0.2) is 23.1 Å². The largest absolute Gasteiger partial charge is 0.391 e. The van der Waals surface area contributed by atoms with Crippen LogP contribution in [0.25, 0.3) is 0 Å². The standard InChI is InChI=1S/C22H26N2O2/c1-17(20-12-8-5-9-13-20)24-16-22(3,14-21(24)25)18(2)23-26-15-19-10-6-4-7-11-19/h4-13,17H,14-16H2,1-3H3/b23-18+/t17-,22?/m1/s1. The quantitative estimate of drug-likeness (QED) is 0.565. The molecule has 3 rings (SSSR count). The number of carbonyl (C=O) groups is 1. The van der Waals surface area contributed by atoms with E-state index in [4.69, 9.17) is 4.84 Å². The summed E-state index contributed by atoms with van der Waals surface area (Å²) in [6.07, 6.45) is 0.466. The average molecular weight is 350 g/mol. The van der Waals surface area contributed by atoms with Gasteiger partial charge in [0.15, 0.2) is 0 Å². The highest BCUT2D eigenvalue weighted by Gasteiger charge is 2.43. The van der Waals surface area contributed by atoms with Gasteiger partial charge in [-0.1, -0.05) is 72.7 Å². The molecule has 2 atom stereocenters. The molecule has 2 aromatic carbocycles. The molecule has 0 bridgehead atoms. The molecule has 2 aromatic rings. The number of nitrogens with zero attached hydrogens (tertiary/aromatic N) is 2. The van der Waals surface area contributed by atoms with Crippen molar-refractivity contribution < 1.29 is 9.63 Å². The molecule has 1 aliphatic heterocycles. The van der Waals surface area contributed by atoms with Gasteiger partial charge in [-0.05, 0) is 25.0 Å². The van der Waals surface area contributed by atoms with Gasteiger partial charge >= 0.3 is 0 Å². The molecule has 136 valence electrons. The summed E-state index contributed by atoms with van der Waals surface area (Å²) in [5.74, 6) is 0.168. The smallest absolute Gasteiger partial charge is 0.224 e. The van der Waals surface area contributed by atoms with Gasteiger partial charge in [0, 0.05) is 18.4 Å². The minimum atomic E-state index is -0.295. The van der Waals surface area contributed by atoms with Crippen LogP contribution in [0.15, 0.2) is 65.8 Å². The van der Waals surface area contributed by atoms with E-state index < -0.39 is 0 Å². The number of likely N-dealkylation sites (tertiary alicyclic amines) is 1. The van der Waals surface area contributed by atoms with Crippen molar-refractivity contribution >= 4 is 11.6 Å². The second-order valence-electron chi connectivity index (χ2n) is 7.28. The predicted molar refractivity (Wildman–Crippen MR) is 104 cm³/mol. The number of carbonyl (C=O) groups excluding carboxylic acids is 1. The highest BCUT2D eigenvalue weighted by molar-refractivity contribution is 5.95. The Kier molecular flexibility index (Phi) is 5.40. The first-order chi connectivity index (χ1) is 12.5. The van der Waals surface area contributed by atoms with Crippen LogP contribution < -0.4 is 0 Å². The van der Waals surface area contributed by atoms with E-state index in [9.17, 15) is 4.79 Å². The first-order valence-corrected chi connectivity index (χ1v) is 9.05. The third kappa shape index (κ3) is 3.96. The molecule has 26 heavy (non-hydrogen) atoms. The molecule has 0 radical (unpaired) electrons. The van der Waals surface area contributed by atoms with E-state index >= 15 is 0 Å². The van der Waals surface area contributed by atoms with Gasteiger partial charge in [-0.15, -0.1) is 0 Å². The first-order valence-electron chi connectivity index (χ1n) is 9.05. The Hall–Kier alpha value is -2.62. The van der Waals surface area contributed by atoms with Crippen molar-refractivity contribution in [3.63, 3.8) is 0 Å². The Morgan fingerprint density at radius 2 is 1.77 bits per heavy atom. The van der Waals surface area contributed by atoms with Crippen molar-refractivity contribution in [3.05, 3.63) is 71.8 Å². The maximum Gasteiger partial charge on any atom is 0.224 e. The molecule has 1 aliphatic rings. The fourth-order valence-corrected chi connectivity index (χ4v) is 3.35. The number of hydrogen-bond donors (Lipinski definition) is 0. The molecule has 0 aliphatic carbocycles. The highest BCUT2D eigenvalue weighted by Crippen LogP contribution is 2.37. The molecule has 4 heteroatoms. The Bertz CT molecular complexity index is 773. The van der Waals surface area contributed by atoms with Crippen LogP contribution in [0, 0.1) is 5.41 Å². The van der Waals surface area contributed by atoms with E-state index in [-0.39, 0.29) is 17.4 Å². The van der Waals surface area contributed by atoms with Gasteiger partial charge in [-0.3, -0.25) is 4.79 Å². The maximum absolute atomic E-state index is 12.6. The molecule has 1 heterocycles. The normalized spacial score (nSPS) is 21.7. The van der Waals surface area contributed by atoms with Crippen molar-refractivity contribution in [2.24, 2.45) is 10.6 Å². The lowest BCUT2D eigenvalue weighted by Crippen LogP contribution is -2.33. The topological polar surface area (TPSA) is 41.9 Å². The van der Waals surface area contributed by atoms with Gasteiger partial charge in [-0.2, -0.15) is 0 Å². The van der Waals surface area contributed by atoms with E-state index in [2.05, 4.69) is 31.1 Å². The van der Waals surface area contributed by atoms with Gasteiger partial charge in [-0.25, -0.2) is 0 Å². The summed E-state index contributed by atoms with van der Waals surface area (Å²) in [5.41, 5.74) is 2.80. The number of oxime groups is 1. The second kappa shape index (κ2) is 7.73. The number of amides is 1. The third-order valence-electron chi connectivity index (χ3n) is 5.28. The fourth-order valence-electron chi connectivity index (χ4n) is 3.35. The van der Waals surface area contributed by atoms with Gasteiger partial charge in [0.05, 0.1) is 11.8 Å². The minimum Gasteiger partial charge on any atom is -0.391 e. The lowest BCUT2D eigenvalue weighted by Gasteiger charge is -2.28. The SMILES string of the molecule is C/C(=N\OCc1ccccc1)C1(C)CC(=O)N([C@H](C)c2ccccc2)C1. The van der Waals surface area contributed by atoms with E-state index in [0.717, 1.165) is 16.8 Å². The summed E-state index contributed by atoms with van der Waals surface area (Å²) < 4.78 is 0. The van der Waals surface area contributed by atoms with Gasteiger partial charge in [0.25, 0.3) is 0 Å². The molecule has 1 saturated heterocycles. The molecule has 0 aromatic heterocycles. The number of rotatable bonds is 6. The van der Waals surface area contributed by atoms with Crippen LogP contribution in [0.3, 0.4) is 0 Å². The van der Waals surface area contributed by atoms with E-state index in [1.54, 1.807) is 0 Å². The summed E-state index contributed by atoms with van der Waals surface area (Å²) in [5, 5.41) is 4.31. The maximum atomic E-state index is 12.6. The average Bonchev–Trinajstić information content (AvgIpc) is 2.98. The molecule has 4 nitrogen and oxygen atoms in total. The summed E-state index contributed by atoms with van der Waals surface area (Å²) in [6, 6.07) is 20.2. The Balaban J connectivity index is 1.66. The molecule has 0 saturated carbocycles. The van der Waals surface area contributed by atoms with Crippen molar-refractivity contribution in [3.8, 4) is 0 Å². The van der Waals surface area contributed by atoms with Gasteiger partial charge in [0.1, 0.15) is 6.61 Å². The van der Waals surface area contributed by atoms with Gasteiger partial charge < -0.3 is 9.74 Å². The van der Waals surface area contributed by atoms with Crippen molar-refractivity contribution in [1.82, 2.24) is 4.90 Å². The van der Waals surface area contributed by atoms with E-state index in [0.29, 0.717) is 19.6 Å². The van der Waals surface area contributed by atoms with Crippen LogP contribution in [0.1, 0.15) is 44.4 Å². The fraction of sp³-hybridized carbons (Fsp3) is 0.364. The van der Waals surface area contributed by atoms with Crippen LogP contribution >= 0.6 is 0 Å². The summed E-state index contributed by atoms with van der Waals surface area (Å²) in [7, 11) is 0. The van der Waals surface area contributed by atoms with Crippen molar-refractivity contribution in [2.75, 3.05) is 6.54 Å². The Labute approximate surface area is 155 Å². The predicted octanol–water partition coefficient (Wildman–Crippen LogP) is 4.58. The van der Waals surface area contributed by atoms with Crippen LogP contribution in [0.4, 0.5) is 0 Å². The van der Waals surface area contributed by atoms with Crippen molar-refractivity contribution in [2.45, 2.75) is 39.8 Å². The Morgan fingerprint density at radius 3 is 2.42 bits per heavy atom. The molecule has 1 fully saturated rings. The lowest BCUT2D eigenvalue weighted by molar-refractivity contribution is -0.129. The monoisotopic (exact) mass is 350 g/mol. The van der Waals surface area contributed by atoms with Crippen molar-refractivity contribution in [1.29, 1.82) is 0 Å². The molecule has 1 unspecified atom stereocenters. The van der Waals surface area contributed by atoms with Crippen LogP contribution in [0.5, 0.6) is 0 Å². The lowest BCUT2D eigenvalue weighted by atomic mass is 9.85. The van der Waals surface area contributed by atoms with E-state index in [1.807, 2.05) is 60.4 Å². The minimum absolute atomic E-state index is 0.0589. The second-order valence-corrected chi connectivity index (χ2v) is 7.28.